The molecule has 1 aromatic carbocycles. The Kier molecular flexibility index (Phi) is 6.65. The van der Waals surface area contributed by atoms with Gasteiger partial charge in [-0.25, -0.2) is 4.79 Å². The van der Waals surface area contributed by atoms with Crippen molar-refractivity contribution in [1.29, 1.82) is 0 Å². The van der Waals surface area contributed by atoms with Gasteiger partial charge in [-0.2, -0.15) is 0 Å². The molecular weight excluding hydrogens is 388 g/mol. The summed E-state index contributed by atoms with van der Waals surface area (Å²) in [6, 6.07) is 0. The minimum absolute atomic E-state index is 0.0488. The molecule has 1 heterocycles. The average Bonchev–Trinajstić information content (AvgIpc) is 2.60. The maximum atomic E-state index is 12.5. The van der Waals surface area contributed by atoms with Crippen LogP contribution in [0.1, 0.15) is 78.9 Å². The number of carbonyl (C=O) groups is 1. The number of hydrogen-bond acceptors (Lipinski definition) is 7. The highest BCUT2D eigenvalue weighted by atomic mass is 16.4. The molecule has 30 heavy (non-hydrogen) atoms. The molecular formula is C23H28O7. The fourth-order valence-corrected chi connectivity index (χ4v) is 3.65. The summed E-state index contributed by atoms with van der Waals surface area (Å²) in [6.45, 7) is 9.71. The highest BCUT2D eigenvalue weighted by Crippen LogP contribution is 2.48. The molecule has 7 heteroatoms. The van der Waals surface area contributed by atoms with Gasteiger partial charge in [0.15, 0.2) is 5.78 Å². The van der Waals surface area contributed by atoms with Gasteiger partial charge in [0, 0.05) is 22.6 Å². The zero-order valence-electron chi connectivity index (χ0n) is 18.1. The number of aryl methyl sites for hydroxylation is 1. The fraction of sp³-hybridized carbons (Fsp3) is 0.391. The van der Waals surface area contributed by atoms with Crippen LogP contribution in [0.5, 0.6) is 23.0 Å². The van der Waals surface area contributed by atoms with E-state index in [-0.39, 0.29) is 40.2 Å². The monoisotopic (exact) mass is 416 g/mol. The van der Waals surface area contributed by atoms with E-state index in [2.05, 4.69) is 0 Å². The van der Waals surface area contributed by atoms with Crippen molar-refractivity contribution >= 4 is 5.78 Å². The van der Waals surface area contributed by atoms with Gasteiger partial charge in [0.25, 0.3) is 0 Å². The molecule has 2 rings (SSSR count). The highest BCUT2D eigenvalue weighted by Gasteiger charge is 2.32. The standard InChI is InChI=1S/C23H28O7/c1-7-14-13(6)30-23(29)17(19(14)25)11(4)16-20(26)15(9-8-10(2)3)21(27)18(12(5)24)22(16)28/h8,11,25-28H,7,9H2,1-6H3. The maximum Gasteiger partial charge on any atom is 0.343 e. The van der Waals surface area contributed by atoms with Crippen LogP contribution in [0.2, 0.25) is 0 Å². The Hall–Kier alpha value is -3.22. The molecule has 1 aromatic heterocycles. The Morgan fingerprint density at radius 1 is 0.967 bits per heavy atom. The lowest BCUT2D eigenvalue weighted by molar-refractivity contribution is 0.101. The summed E-state index contributed by atoms with van der Waals surface area (Å²) in [6.07, 6.45) is 2.26. The molecule has 0 radical (unpaired) electrons. The van der Waals surface area contributed by atoms with Crippen molar-refractivity contribution in [2.45, 2.75) is 60.3 Å². The van der Waals surface area contributed by atoms with Gasteiger partial charge in [-0.15, -0.1) is 0 Å². The van der Waals surface area contributed by atoms with Gasteiger partial charge in [-0.1, -0.05) is 25.5 Å². The van der Waals surface area contributed by atoms with E-state index in [9.17, 15) is 30.0 Å². The zero-order valence-corrected chi connectivity index (χ0v) is 18.1. The number of hydrogen-bond donors (Lipinski definition) is 4. The molecule has 4 N–H and O–H groups in total. The first-order chi connectivity index (χ1) is 13.9. The summed E-state index contributed by atoms with van der Waals surface area (Å²) in [5.74, 6) is -3.21. The topological polar surface area (TPSA) is 128 Å². The number of phenolic OH excluding ortho intramolecular Hbond substituents is 3. The SMILES string of the molecule is CCc1c(C)oc(=O)c(C(C)c2c(O)c(CC=C(C)C)c(O)c(C(C)=O)c2O)c1O. The summed E-state index contributed by atoms with van der Waals surface area (Å²) in [4.78, 5) is 24.7. The predicted molar refractivity (Wildman–Crippen MR) is 113 cm³/mol. The first kappa shape index (κ1) is 23.1. The van der Waals surface area contributed by atoms with Gasteiger partial charge in [0.2, 0.25) is 0 Å². The van der Waals surface area contributed by atoms with Crippen molar-refractivity contribution in [3.8, 4) is 23.0 Å². The summed E-state index contributed by atoms with van der Waals surface area (Å²) in [7, 11) is 0. The van der Waals surface area contributed by atoms with Gasteiger partial charge in [0.05, 0.1) is 5.56 Å². The van der Waals surface area contributed by atoms with Crippen LogP contribution in [0.25, 0.3) is 0 Å². The molecule has 0 aliphatic heterocycles. The normalized spacial score (nSPS) is 11.9. The molecule has 0 bridgehead atoms. The van der Waals surface area contributed by atoms with Crippen molar-refractivity contribution in [1.82, 2.24) is 0 Å². The molecule has 0 spiro atoms. The first-order valence-corrected chi connectivity index (χ1v) is 9.73. The van der Waals surface area contributed by atoms with Gasteiger partial charge in [-0.3, -0.25) is 4.79 Å². The lowest BCUT2D eigenvalue weighted by Crippen LogP contribution is -2.15. The third kappa shape index (κ3) is 3.92. The van der Waals surface area contributed by atoms with E-state index in [4.69, 9.17) is 4.42 Å². The Balaban J connectivity index is 2.90. The third-order valence-electron chi connectivity index (χ3n) is 5.27. The molecule has 162 valence electrons. The molecule has 0 saturated heterocycles. The summed E-state index contributed by atoms with van der Waals surface area (Å²) >= 11 is 0. The molecule has 0 aliphatic carbocycles. The van der Waals surface area contributed by atoms with Crippen LogP contribution in [0, 0.1) is 6.92 Å². The Bertz CT molecular complexity index is 1090. The van der Waals surface area contributed by atoms with Crippen molar-refractivity contribution in [2.75, 3.05) is 0 Å². The van der Waals surface area contributed by atoms with E-state index < -0.39 is 34.6 Å². The summed E-state index contributed by atoms with van der Waals surface area (Å²) in [5, 5.41) is 42.9. The van der Waals surface area contributed by atoms with E-state index in [1.807, 2.05) is 13.8 Å². The largest absolute Gasteiger partial charge is 0.507 e. The number of ketones is 1. The average molecular weight is 416 g/mol. The first-order valence-electron chi connectivity index (χ1n) is 9.73. The second-order valence-electron chi connectivity index (χ2n) is 7.62. The molecule has 0 saturated carbocycles. The van der Waals surface area contributed by atoms with Crippen molar-refractivity contribution < 1.29 is 29.6 Å². The second kappa shape index (κ2) is 8.65. The Morgan fingerprint density at radius 2 is 1.53 bits per heavy atom. The highest BCUT2D eigenvalue weighted by molar-refractivity contribution is 6.01. The molecule has 7 nitrogen and oxygen atoms in total. The van der Waals surface area contributed by atoms with Gasteiger partial charge < -0.3 is 24.8 Å². The molecule has 1 unspecified atom stereocenters. The van der Waals surface area contributed by atoms with Crippen molar-refractivity contribution in [3.05, 3.63) is 55.6 Å². The van der Waals surface area contributed by atoms with E-state index in [0.717, 1.165) is 5.57 Å². The number of Topliss-reactive ketones (excluding diaryl/α,β-unsaturated/α-hetero) is 1. The molecule has 0 amide bonds. The van der Waals surface area contributed by atoms with Gasteiger partial charge >= 0.3 is 5.63 Å². The molecule has 0 aliphatic rings. The van der Waals surface area contributed by atoms with Crippen molar-refractivity contribution in [3.63, 3.8) is 0 Å². The second-order valence-corrected chi connectivity index (χ2v) is 7.62. The summed E-state index contributed by atoms with van der Waals surface area (Å²) < 4.78 is 5.24. The Labute approximate surface area is 174 Å². The van der Waals surface area contributed by atoms with Crippen LogP contribution in [0.15, 0.2) is 20.9 Å². The molecule has 1 atom stereocenters. The molecule has 0 fully saturated rings. The van der Waals surface area contributed by atoms with Crippen LogP contribution in [0.3, 0.4) is 0 Å². The quantitative estimate of drug-likeness (QED) is 0.410. The minimum Gasteiger partial charge on any atom is -0.507 e. The fourth-order valence-electron chi connectivity index (χ4n) is 3.65. The number of benzene rings is 1. The molecule has 2 aromatic rings. The van der Waals surface area contributed by atoms with Crippen LogP contribution in [-0.4, -0.2) is 26.2 Å². The van der Waals surface area contributed by atoms with E-state index >= 15 is 0 Å². The van der Waals surface area contributed by atoms with Gasteiger partial charge in [-0.05, 0) is 40.5 Å². The number of rotatable bonds is 6. The maximum absolute atomic E-state index is 12.5. The lowest BCUT2D eigenvalue weighted by Gasteiger charge is -2.22. The van der Waals surface area contributed by atoms with E-state index in [0.29, 0.717) is 12.0 Å². The van der Waals surface area contributed by atoms with E-state index in [1.165, 1.54) is 13.8 Å². The zero-order chi connectivity index (χ0) is 22.9. The number of carbonyl (C=O) groups excluding carboxylic acids is 1. The van der Waals surface area contributed by atoms with Crippen LogP contribution < -0.4 is 5.63 Å². The van der Waals surface area contributed by atoms with E-state index in [1.54, 1.807) is 19.9 Å². The lowest BCUT2D eigenvalue weighted by atomic mass is 9.86. The Morgan fingerprint density at radius 3 is 2.03 bits per heavy atom. The van der Waals surface area contributed by atoms with Gasteiger partial charge in [0.1, 0.15) is 34.3 Å². The number of allylic oxidation sites excluding steroid dienone is 2. The summed E-state index contributed by atoms with van der Waals surface area (Å²) in [5.41, 5.74) is -0.0286. The van der Waals surface area contributed by atoms with Crippen molar-refractivity contribution in [2.24, 2.45) is 0 Å². The smallest absolute Gasteiger partial charge is 0.343 e. The van der Waals surface area contributed by atoms with Crippen LogP contribution >= 0.6 is 0 Å². The van der Waals surface area contributed by atoms with Crippen LogP contribution in [0.4, 0.5) is 0 Å². The van der Waals surface area contributed by atoms with Crippen LogP contribution in [-0.2, 0) is 12.8 Å². The third-order valence-corrected chi connectivity index (χ3v) is 5.27. The number of aromatic hydroxyl groups is 4. The minimum atomic E-state index is -1.02. The number of phenols is 3. The predicted octanol–water partition coefficient (Wildman–Crippen LogP) is 4.20.